The van der Waals surface area contributed by atoms with Crippen LogP contribution < -0.4 is 4.87 Å². The predicted molar refractivity (Wildman–Crippen MR) is 47.0 cm³/mol. The molecular weight excluding hydrogens is 196 g/mol. The van der Waals surface area contributed by atoms with Crippen LogP contribution in [0.25, 0.3) is 10.2 Å². The van der Waals surface area contributed by atoms with Gasteiger partial charge in [0.25, 0.3) is 0 Å². The monoisotopic (exact) mass is 201 g/mol. The zero-order valence-electron chi connectivity index (χ0n) is 6.67. The fraction of sp³-hybridized carbons (Fsp3) is 0.125. The van der Waals surface area contributed by atoms with E-state index in [0.29, 0.717) is 5.52 Å². The topological polar surface area (TPSA) is 22.0 Å². The minimum atomic E-state index is -0.683. The molecule has 1 aromatic heterocycles. The first-order valence-corrected chi connectivity index (χ1v) is 4.36. The van der Waals surface area contributed by atoms with E-state index >= 15 is 0 Å². The van der Waals surface area contributed by atoms with Gasteiger partial charge in [0.2, 0.25) is 0 Å². The Kier molecular flexibility index (Phi) is 1.69. The highest BCUT2D eigenvalue weighted by molar-refractivity contribution is 7.16. The molecule has 0 aliphatic carbocycles. The van der Waals surface area contributed by atoms with Gasteiger partial charge >= 0.3 is 4.87 Å². The molecule has 0 bridgehead atoms. The molecule has 68 valence electrons. The Bertz CT molecular complexity index is 529. The Morgan fingerprint density at radius 2 is 2.08 bits per heavy atom. The molecular formula is C8H5F2NOS. The van der Waals surface area contributed by atoms with Crippen molar-refractivity contribution in [3.05, 3.63) is 33.4 Å². The van der Waals surface area contributed by atoms with Gasteiger partial charge < -0.3 is 4.57 Å². The molecule has 0 spiro atoms. The molecule has 0 radical (unpaired) electrons. The van der Waals surface area contributed by atoms with Gasteiger partial charge in [-0.15, -0.1) is 0 Å². The van der Waals surface area contributed by atoms with E-state index in [1.54, 1.807) is 0 Å². The lowest BCUT2D eigenvalue weighted by Crippen LogP contribution is -2.06. The highest BCUT2D eigenvalue weighted by Gasteiger charge is 2.10. The Morgan fingerprint density at radius 1 is 1.38 bits per heavy atom. The Labute approximate surface area is 76.0 Å². The van der Waals surface area contributed by atoms with Crippen molar-refractivity contribution in [3.63, 3.8) is 0 Å². The van der Waals surface area contributed by atoms with Crippen molar-refractivity contribution in [3.8, 4) is 0 Å². The molecule has 2 aromatic rings. The second kappa shape index (κ2) is 2.63. The molecule has 0 unspecified atom stereocenters. The largest absolute Gasteiger partial charge is 0.307 e. The number of halogens is 2. The Morgan fingerprint density at radius 3 is 2.77 bits per heavy atom. The van der Waals surface area contributed by atoms with Gasteiger partial charge in [-0.3, -0.25) is 4.79 Å². The third kappa shape index (κ3) is 1.16. The van der Waals surface area contributed by atoms with Gasteiger partial charge in [-0.05, 0) is 6.07 Å². The van der Waals surface area contributed by atoms with Crippen LogP contribution in [0.2, 0.25) is 0 Å². The maximum atomic E-state index is 13.1. The fourth-order valence-corrected chi connectivity index (χ4v) is 2.02. The van der Waals surface area contributed by atoms with Crippen LogP contribution in [-0.2, 0) is 7.05 Å². The van der Waals surface area contributed by atoms with Gasteiger partial charge in [0.15, 0.2) is 0 Å². The van der Waals surface area contributed by atoms with E-state index in [4.69, 9.17) is 0 Å². The SMILES string of the molecule is Cn1c(=O)sc2c(F)cc(F)cc21. The van der Waals surface area contributed by atoms with Crippen molar-refractivity contribution >= 4 is 21.6 Å². The first-order valence-electron chi connectivity index (χ1n) is 3.54. The summed E-state index contributed by atoms with van der Waals surface area (Å²) in [6.45, 7) is 0. The zero-order chi connectivity index (χ0) is 9.59. The van der Waals surface area contributed by atoms with E-state index in [0.717, 1.165) is 23.5 Å². The van der Waals surface area contributed by atoms with Crippen LogP contribution in [0.4, 0.5) is 8.78 Å². The minimum Gasteiger partial charge on any atom is -0.302 e. The van der Waals surface area contributed by atoms with Gasteiger partial charge in [-0.1, -0.05) is 11.3 Å². The standard InChI is InChI=1S/C8H5F2NOS/c1-11-6-3-4(9)2-5(10)7(6)13-8(11)12/h2-3H,1H3. The summed E-state index contributed by atoms with van der Waals surface area (Å²) in [6.07, 6.45) is 0. The lowest BCUT2D eigenvalue weighted by atomic mass is 10.3. The first kappa shape index (κ1) is 8.37. The van der Waals surface area contributed by atoms with Crippen molar-refractivity contribution < 1.29 is 8.78 Å². The van der Waals surface area contributed by atoms with Crippen molar-refractivity contribution in [2.45, 2.75) is 0 Å². The first-order chi connectivity index (χ1) is 6.09. The van der Waals surface area contributed by atoms with Gasteiger partial charge in [-0.2, -0.15) is 0 Å². The number of aromatic nitrogens is 1. The number of fused-ring (bicyclic) bond motifs is 1. The van der Waals surface area contributed by atoms with E-state index in [1.165, 1.54) is 11.6 Å². The molecule has 0 saturated heterocycles. The zero-order valence-corrected chi connectivity index (χ0v) is 7.49. The van der Waals surface area contributed by atoms with Crippen molar-refractivity contribution in [2.24, 2.45) is 7.05 Å². The molecule has 1 heterocycles. The molecule has 0 N–H and O–H groups in total. The normalized spacial score (nSPS) is 11.0. The van der Waals surface area contributed by atoms with Crippen LogP contribution in [0.3, 0.4) is 0 Å². The van der Waals surface area contributed by atoms with Crippen LogP contribution in [0.5, 0.6) is 0 Å². The molecule has 13 heavy (non-hydrogen) atoms. The molecule has 0 fully saturated rings. The molecule has 2 rings (SSSR count). The number of hydrogen-bond donors (Lipinski definition) is 0. The lowest BCUT2D eigenvalue weighted by molar-refractivity contribution is 0.592. The molecule has 0 atom stereocenters. The molecule has 2 nitrogen and oxygen atoms in total. The van der Waals surface area contributed by atoms with Gasteiger partial charge in [0.05, 0.1) is 10.2 Å². The number of thiazole rings is 1. The Hall–Kier alpha value is -1.23. The summed E-state index contributed by atoms with van der Waals surface area (Å²) in [4.78, 5) is 10.8. The van der Waals surface area contributed by atoms with Crippen LogP contribution in [0, 0.1) is 11.6 Å². The van der Waals surface area contributed by atoms with Crippen molar-refractivity contribution in [1.82, 2.24) is 4.57 Å². The molecule has 0 amide bonds. The average Bonchev–Trinajstić information content (AvgIpc) is 2.32. The van der Waals surface area contributed by atoms with Gasteiger partial charge in [0, 0.05) is 13.1 Å². The smallest absolute Gasteiger partial charge is 0.302 e. The highest BCUT2D eigenvalue weighted by Crippen LogP contribution is 2.21. The molecule has 0 aliphatic heterocycles. The third-order valence-electron chi connectivity index (χ3n) is 1.81. The van der Waals surface area contributed by atoms with E-state index < -0.39 is 11.6 Å². The number of nitrogens with zero attached hydrogens (tertiary/aromatic N) is 1. The maximum absolute atomic E-state index is 13.1. The fourth-order valence-electron chi connectivity index (χ4n) is 1.15. The summed E-state index contributed by atoms with van der Waals surface area (Å²) in [7, 11) is 1.49. The van der Waals surface area contributed by atoms with Crippen LogP contribution in [0.1, 0.15) is 0 Å². The maximum Gasteiger partial charge on any atom is 0.307 e. The molecule has 0 aliphatic rings. The number of aryl methyl sites for hydroxylation is 1. The van der Waals surface area contributed by atoms with Gasteiger partial charge in [0.1, 0.15) is 11.6 Å². The van der Waals surface area contributed by atoms with Gasteiger partial charge in [-0.25, -0.2) is 8.78 Å². The van der Waals surface area contributed by atoms with E-state index in [2.05, 4.69) is 0 Å². The minimum absolute atomic E-state index is 0.203. The quantitative estimate of drug-likeness (QED) is 0.637. The van der Waals surface area contributed by atoms with Crippen molar-refractivity contribution in [1.29, 1.82) is 0 Å². The second-order valence-electron chi connectivity index (χ2n) is 2.66. The number of rotatable bonds is 0. The summed E-state index contributed by atoms with van der Waals surface area (Å²) in [5, 5.41) is 0. The summed E-state index contributed by atoms with van der Waals surface area (Å²) in [5.74, 6) is -1.35. The third-order valence-corrected chi connectivity index (χ3v) is 2.87. The van der Waals surface area contributed by atoms with E-state index in [9.17, 15) is 13.6 Å². The Balaban J connectivity index is 3.03. The second-order valence-corrected chi connectivity index (χ2v) is 3.62. The number of hydrogen-bond acceptors (Lipinski definition) is 2. The molecule has 0 saturated carbocycles. The summed E-state index contributed by atoms with van der Waals surface area (Å²) in [6, 6.07) is 1.93. The van der Waals surface area contributed by atoms with Crippen LogP contribution >= 0.6 is 11.3 Å². The highest BCUT2D eigenvalue weighted by atomic mass is 32.1. The molecule has 1 aromatic carbocycles. The average molecular weight is 201 g/mol. The van der Waals surface area contributed by atoms with E-state index in [-0.39, 0.29) is 9.57 Å². The van der Waals surface area contributed by atoms with Crippen molar-refractivity contribution in [2.75, 3.05) is 0 Å². The van der Waals surface area contributed by atoms with E-state index in [1.807, 2.05) is 0 Å². The summed E-state index contributed by atoms with van der Waals surface area (Å²) >= 11 is 0.780. The predicted octanol–water partition coefficient (Wildman–Crippen LogP) is 1.88. The summed E-state index contributed by atoms with van der Waals surface area (Å²) in [5.41, 5.74) is 0.299. The lowest BCUT2D eigenvalue weighted by Gasteiger charge is -1.94. The van der Waals surface area contributed by atoms with Crippen LogP contribution in [-0.4, -0.2) is 4.57 Å². The van der Waals surface area contributed by atoms with Crippen LogP contribution in [0.15, 0.2) is 16.9 Å². The number of benzene rings is 1. The summed E-state index contributed by atoms with van der Waals surface area (Å²) < 4.78 is 27.2. The molecule has 5 heteroatoms.